The number of hydrogen-bond donors (Lipinski definition) is 1. The van der Waals surface area contributed by atoms with Gasteiger partial charge in [-0.1, -0.05) is 25.1 Å². The van der Waals surface area contributed by atoms with Crippen molar-refractivity contribution in [1.29, 1.82) is 0 Å². The molecule has 1 aromatic rings. The van der Waals surface area contributed by atoms with Crippen molar-refractivity contribution >= 4 is 0 Å². The Hall–Kier alpha value is -0.930. The summed E-state index contributed by atoms with van der Waals surface area (Å²) in [6.07, 6.45) is 3.99. The van der Waals surface area contributed by atoms with Crippen LogP contribution in [0.2, 0.25) is 0 Å². The van der Waals surface area contributed by atoms with Crippen molar-refractivity contribution in [2.45, 2.75) is 44.2 Å². The topological polar surface area (TPSA) is 35.2 Å². The average molecular weight is 251 g/mol. The summed E-state index contributed by atoms with van der Waals surface area (Å²) >= 11 is 0. The molecule has 2 nitrogen and oxygen atoms in total. The third kappa shape index (κ3) is 2.43. The van der Waals surface area contributed by atoms with Gasteiger partial charge in [-0.05, 0) is 37.7 Å². The van der Waals surface area contributed by atoms with Gasteiger partial charge >= 0.3 is 0 Å². The zero-order chi connectivity index (χ0) is 13.2. The van der Waals surface area contributed by atoms with Crippen molar-refractivity contribution in [2.75, 3.05) is 7.11 Å². The monoisotopic (exact) mass is 251 g/mol. The molecule has 0 amide bonds. The van der Waals surface area contributed by atoms with Crippen molar-refractivity contribution < 1.29 is 9.13 Å². The summed E-state index contributed by atoms with van der Waals surface area (Å²) in [5.74, 6) is 0.473. The molecule has 0 aliphatic heterocycles. The normalized spacial score (nSPS) is 30.1. The molecular formula is C15H22FNO. The van der Waals surface area contributed by atoms with E-state index in [4.69, 9.17) is 10.5 Å². The number of ether oxygens (including phenoxy) is 1. The molecule has 18 heavy (non-hydrogen) atoms. The van der Waals surface area contributed by atoms with E-state index in [0.29, 0.717) is 11.5 Å². The molecule has 1 aromatic carbocycles. The van der Waals surface area contributed by atoms with E-state index in [-0.39, 0.29) is 5.82 Å². The molecule has 2 rings (SSSR count). The van der Waals surface area contributed by atoms with Gasteiger partial charge in [0.2, 0.25) is 0 Å². The second kappa shape index (κ2) is 5.37. The summed E-state index contributed by atoms with van der Waals surface area (Å²) in [6.45, 7) is 2.24. The predicted molar refractivity (Wildman–Crippen MR) is 70.7 cm³/mol. The van der Waals surface area contributed by atoms with Gasteiger partial charge in [-0.3, -0.25) is 0 Å². The molecule has 0 heterocycles. The van der Waals surface area contributed by atoms with Crippen molar-refractivity contribution in [1.82, 2.24) is 0 Å². The van der Waals surface area contributed by atoms with E-state index >= 15 is 0 Å². The van der Waals surface area contributed by atoms with Crippen LogP contribution in [0.5, 0.6) is 0 Å². The fourth-order valence-electron chi connectivity index (χ4n) is 2.90. The van der Waals surface area contributed by atoms with Crippen LogP contribution in [-0.2, 0) is 4.74 Å². The van der Waals surface area contributed by atoms with E-state index in [9.17, 15) is 4.39 Å². The van der Waals surface area contributed by atoms with Crippen molar-refractivity contribution in [2.24, 2.45) is 11.7 Å². The highest BCUT2D eigenvalue weighted by molar-refractivity contribution is 5.24. The predicted octanol–water partition coefficient (Wildman–Crippen LogP) is 3.42. The second-order valence-corrected chi connectivity index (χ2v) is 5.45. The number of halogens is 1. The summed E-state index contributed by atoms with van der Waals surface area (Å²) in [5.41, 5.74) is 6.45. The molecule has 0 spiro atoms. The maximum atomic E-state index is 13.8. The van der Waals surface area contributed by atoms with Crippen LogP contribution in [-0.4, -0.2) is 12.7 Å². The summed E-state index contributed by atoms with van der Waals surface area (Å²) in [6, 6.07) is 6.35. The lowest BCUT2D eigenvalue weighted by Gasteiger charge is -2.42. The van der Waals surface area contributed by atoms with Gasteiger partial charge in [0.25, 0.3) is 0 Å². The number of methoxy groups -OCH3 is 1. The Bertz CT molecular complexity index is 399. The van der Waals surface area contributed by atoms with Gasteiger partial charge < -0.3 is 10.5 Å². The minimum absolute atomic E-state index is 0.236. The van der Waals surface area contributed by atoms with Crippen LogP contribution in [0.15, 0.2) is 24.3 Å². The average Bonchev–Trinajstić information content (AvgIpc) is 2.40. The van der Waals surface area contributed by atoms with E-state index in [2.05, 4.69) is 6.92 Å². The molecule has 0 radical (unpaired) electrons. The molecule has 1 saturated carbocycles. The number of nitrogens with two attached hydrogens (primary N) is 1. The second-order valence-electron chi connectivity index (χ2n) is 5.45. The van der Waals surface area contributed by atoms with Crippen LogP contribution in [0.3, 0.4) is 0 Å². The van der Waals surface area contributed by atoms with E-state index in [1.807, 2.05) is 6.07 Å². The molecule has 1 fully saturated rings. The van der Waals surface area contributed by atoms with Gasteiger partial charge in [-0.15, -0.1) is 0 Å². The zero-order valence-corrected chi connectivity index (χ0v) is 11.2. The van der Waals surface area contributed by atoms with Crippen molar-refractivity contribution in [3.05, 3.63) is 35.6 Å². The molecule has 1 unspecified atom stereocenters. The van der Waals surface area contributed by atoms with E-state index in [0.717, 1.165) is 25.7 Å². The standard InChI is InChI=1S/C15H22FNO/c1-11-7-9-15(18-2,10-8-11)14(17)12-5-3-4-6-13(12)16/h3-6,11,14H,7-10,17H2,1-2H3. The first-order valence-electron chi connectivity index (χ1n) is 6.64. The lowest BCUT2D eigenvalue weighted by molar-refractivity contribution is -0.0678. The Labute approximate surface area is 108 Å². The summed E-state index contributed by atoms with van der Waals surface area (Å²) < 4.78 is 19.5. The first-order chi connectivity index (χ1) is 8.59. The van der Waals surface area contributed by atoms with Crippen LogP contribution < -0.4 is 5.73 Å². The van der Waals surface area contributed by atoms with Gasteiger partial charge in [-0.2, -0.15) is 0 Å². The van der Waals surface area contributed by atoms with E-state index in [1.165, 1.54) is 6.07 Å². The maximum Gasteiger partial charge on any atom is 0.128 e. The summed E-state index contributed by atoms with van der Waals surface area (Å²) in [7, 11) is 1.69. The van der Waals surface area contributed by atoms with Crippen LogP contribution in [0, 0.1) is 11.7 Å². The van der Waals surface area contributed by atoms with Gasteiger partial charge in [0, 0.05) is 12.7 Å². The van der Waals surface area contributed by atoms with Gasteiger partial charge in [0.1, 0.15) is 5.82 Å². The molecule has 100 valence electrons. The highest BCUT2D eigenvalue weighted by atomic mass is 19.1. The third-order valence-corrected chi connectivity index (χ3v) is 4.33. The fraction of sp³-hybridized carbons (Fsp3) is 0.600. The molecular weight excluding hydrogens is 229 g/mol. The van der Waals surface area contributed by atoms with Gasteiger partial charge in [0.05, 0.1) is 11.6 Å². The first kappa shape index (κ1) is 13.5. The highest BCUT2D eigenvalue weighted by Gasteiger charge is 2.41. The van der Waals surface area contributed by atoms with Crippen molar-refractivity contribution in [3.63, 3.8) is 0 Å². The first-order valence-corrected chi connectivity index (χ1v) is 6.64. The van der Waals surface area contributed by atoms with Gasteiger partial charge in [0.15, 0.2) is 0 Å². The zero-order valence-electron chi connectivity index (χ0n) is 11.2. The number of rotatable bonds is 3. The smallest absolute Gasteiger partial charge is 0.128 e. The van der Waals surface area contributed by atoms with Crippen LogP contribution in [0.4, 0.5) is 4.39 Å². The molecule has 1 aliphatic carbocycles. The quantitative estimate of drug-likeness (QED) is 0.893. The molecule has 0 bridgehead atoms. The number of hydrogen-bond acceptors (Lipinski definition) is 2. The molecule has 1 atom stereocenters. The molecule has 0 saturated heterocycles. The number of benzene rings is 1. The van der Waals surface area contributed by atoms with Crippen LogP contribution >= 0.6 is 0 Å². The Morgan fingerprint density at radius 3 is 2.50 bits per heavy atom. The van der Waals surface area contributed by atoms with Gasteiger partial charge in [-0.25, -0.2) is 4.39 Å². The van der Waals surface area contributed by atoms with E-state index in [1.54, 1.807) is 19.2 Å². The summed E-state index contributed by atoms with van der Waals surface area (Å²) in [5, 5.41) is 0. The highest BCUT2D eigenvalue weighted by Crippen LogP contribution is 2.42. The maximum absolute atomic E-state index is 13.8. The molecule has 0 aromatic heterocycles. The Morgan fingerprint density at radius 2 is 1.94 bits per heavy atom. The minimum atomic E-state index is -0.408. The lowest BCUT2D eigenvalue weighted by atomic mass is 9.73. The Balaban J connectivity index is 2.25. The minimum Gasteiger partial charge on any atom is -0.376 e. The third-order valence-electron chi connectivity index (χ3n) is 4.33. The molecule has 3 heteroatoms. The SMILES string of the molecule is COC1(C(N)c2ccccc2F)CCC(C)CC1. The molecule has 2 N–H and O–H groups in total. The lowest BCUT2D eigenvalue weighted by Crippen LogP contribution is -2.46. The van der Waals surface area contributed by atoms with Crippen LogP contribution in [0.25, 0.3) is 0 Å². The summed E-state index contributed by atoms with van der Waals surface area (Å²) in [4.78, 5) is 0. The fourth-order valence-corrected chi connectivity index (χ4v) is 2.90. The molecule has 1 aliphatic rings. The van der Waals surface area contributed by atoms with E-state index < -0.39 is 11.6 Å². The Kier molecular flexibility index (Phi) is 4.03. The largest absolute Gasteiger partial charge is 0.376 e. The van der Waals surface area contributed by atoms with Crippen LogP contribution in [0.1, 0.15) is 44.2 Å². The van der Waals surface area contributed by atoms with Crippen molar-refractivity contribution in [3.8, 4) is 0 Å². The Morgan fingerprint density at radius 1 is 1.33 bits per heavy atom.